The van der Waals surface area contributed by atoms with Gasteiger partial charge in [-0.2, -0.15) is 5.10 Å². The van der Waals surface area contributed by atoms with Crippen molar-refractivity contribution < 1.29 is 14.5 Å². The first-order valence-electron chi connectivity index (χ1n) is 6.21. The Kier molecular flexibility index (Phi) is 5.34. The van der Waals surface area contributed by atoms with Gasteiger partial charge in [0.2, 0.25) is 0 Å². The molecule has 0 saturated heterocycles. The number of rotatable bonds is 6. The monoisotopic (exact) mass is 342 g/mol. The molecule has 0 unspecified atom stereocenters. The van der Waals surface area contributed by atoms with Crippen molar-refractivity contribution >= 4 is 35.0 Å². The van der Waals surface area contributed by atoms with E-state index in [0.717, 1.165) is 17.8 Å². The van der Waals surface area contributed by atoms with E-state index in [0.29, 0.717) is 11.6 Å². The molecule has 0 atom stereocenters. The maximum atomic E-state index is 11.8. The van der Waals surface area contributed by atoms with Crippen LogP contribution in [0.3, 0.4) is 0 Å². The Morgan fingerprint density at radius 2 is 2.32 bits per heavy atom. The van der Waals surface area contributed by atoms with Crippen molar-refractivity contribution in [2.75, 3.05) is 6.61 Å². The number of benzene rings is 1. The minimum absolute atomic E-state index is 0.0343. The number of ether oxygens (including phenoxy) is 1. The molecule has 0 amide bonds. The van der Waals surface area contributed by atoms with Gasteiger partial charge >= 0.3 is 5.97 Å². The Hall–Kier alpha value is -2.13. The summed E-state index contributed by atoms with van der Waals surface area (Å²) in [4.78, 5) is 26.5. The SMILES string of the molecule is CCCOC(=O)c1cc(Cl)c(Sc2ncn[nH]2)c([N+](=O)[O-])c1. The van der Waals surface area contributed by atoms with Crippen LogP contribution in [0.5, 0.6) is 0 Å². The van der Waals surface area contributed by atoms with Gasteiger partial charge in [0.05, 0.1) is 22.1 Å². The molecule has 1 aromatic heterocycles. The summed E-state index contributed by atoms with van der Waals surface area (Å²) >= 11 is 7.04. The molecule has 2 aromatic rings. The molecule has 0 aliphatic rings. The highest BCUT2D eigenvalue weighted by atomic mass is 35.5. The number of nitrogens with zero attached hydrogens (tertiary/aromatic N) is 3. The number of aromatic amines is 1. The molecule has 0 radical (unpaired) electrons. The maximum absolute atomic E-state index is 11.8. The number of hydrogen-bond acceptors (Lipinski definition) is 7. The van der Waals surface area contributed by atoms with Gasteiger partial charge in [0.1, 0.15) is 11.2 Å². The number of carbonyl (C=O) groups is 1. The predicted molar refractivity (Wildman–Crippen MR) is 79.2 cm³/mol. The van der Waals surface area contributed by atoms with Crippen molar-refractivity contribution in [2.45, 2.75) is 23.4 Å². The number of nitro groups is 1. The van der Waals surface area contributed by atoms with E-state index in [1.165, 1.54) is 12.4 Å². The second-order valence-corrected chi connectivity index (χ2v) is 5.50. The fraction of sp³-hybridized carbons (Fsp3) is 0.250. The first-order chi connectivity index (χ1) is 10.5. The van der Waals surface area contributed by atoms with E-state index < -0.39 is 10.9 Å². The van der Waals surface area contributed by atoms with E-state index >= 15 is 0 Å². The Balaban J connectivity index is 2.38. The van der Waals surface area contributed by atoms with Gasteiger partial charge in [-0.1, -0.05) is 18.5 Å². The lowest BCUT2D eigenvalue weighted by Crippen LogP contribution is -2.07. The molecule has 0 aliphatic heterocycles. The van der Waals surface area contributed by atoms with Gasteiger partial charge in [-0.15, -0.1) is 0 Å². The van der Waals surface area contributed by atoms with Crippen LogP contribution in [0.1, 0.15) is 23.7 Å². The first kappa shape index (κ1) is 16.2. The van der Waals surface area contributed by atoms with Crippen molar-refractivity contribution in [1.29, 1.82) is 0 Å². The van der Waals surface area contributed by atoms with Crippen LogP contribution in [-0.2, 0) is 4.74 Å². The minimum Gasteiger partial charge on any atom is -0.462 e. The van der Waals surface area contributed by atoms with Crippen molar-refractivity contribution in [1.82, 2.24) is 15.2 Å². The van der Waals surface area contributed by atoms with Crippen LogP contribution in [0.15, 0.2) is 28.5 Å². The third kappa shape index (κ3) is 3.74. The van der Waals surface area contributed by atoms with Crippen LogP contribution in [0, 0.1) is 10.1 Å². The third-order valence-electron chi connectivity index (χ3n) is 2.49. The highest BCUT2D eigenvalue weighted by molar-refractivity contribution is 7.99. The lowest BCUT2D eigenvalue weighted by Gasteiger charge is -2.07. The number of nitro benzene ring substituents is 1. The number of halogens is 1. The first-order valence-corrected chi connectivity index (χ1v) is 7.40. The zero-order valence-corrected chi connectivity index (χ0v) is 13.0. The van der Waals surface area contributed by atoms with Crippen LogP contribution in [0.2, 0.25) is 5.02 Å². The van der Waals surface area contributed by atoms with Crippen molar-refractivity contribution in [2.24, 2.45) is 0 Å². The topological polar surface area (TPSA) is 111 Å². The number of H-pyrrole nitrogens is 1. The maximum Gasteiger partial charge on any atom is 0.338 e. The van der Waals surface area contributed by atoms with Gasteiger partial charge in [-0.3, -0.25) is 15.2 Å². The van der Waals surface area contributed by atoms with Crippen molar-refractivity contribution in [3.05, 3.63) is 39.2 Å². The third-order valence-corrected chi connectivity index (χ3v) is 3.92. The second-order valence-electron chi connectivity index (χ2n) is 4.09. The molecule has 22 heavy (non-hydrogen) atoms. The Bertz CT molecular complexity index is 693. The van der Waals surface area contributed by atoms with Crippen LogP contribution in [0.25, 0.3) is 0 Å². The van der Waals surface area contributed by atoms with E-state index in [1.54, 1.807) is 0 Å². The summed E-state index contributed by atoms with van der Waals surface area (Å²) < 4.78 is 4.96. The Labute approximate surface area is 134 Å². The molecule has 1 N–H and O–H groups in total. The molecule has 0 saturated carbocycles. The minimum atomic E-state index is -0.650. The molecule has 8 nitrogen and oxygen atoms in total. The largest absolute Gasteiger partial charge is 0.462 e. The number of hydrogen-bond donors (Lipinski definition) is 1. The van der Waals surface area contributed by atoms with Gasteiger partial charge < -0.3 is 4.74 Å². The summed E-state index contributed by atoms with van der Waals surface area (Å²) in [6.07, 6.45) is 1.93. The highest BCUT2D eigenvalue weighted by Crippen LogP contribution is 2.39. The predicted octanol–water partition coefficient (Wildman–Crippen LogP) is 3.08. The van der Waals surface area contributed by atoms with Gasteiger partial charge in [0.15, 0.2) is 5.16 Å². The lowest BCUT2D eigenvalue weighted by molar-refractivity contribution is -0.387. The van der Waals surface area contributed by atoms with Crippen molar-refractivity contribution in [3.63, 3.8) is 0 Å². The molecule has 0 bridgehead atoms. The van der Waals surface area contributed by atoms with Crippen LogP contribution in [0.4, 0.5) is 5.69 Å². The van der Waals surface area contributed by atoms with Gasteiger partial charge in [-0.05, 0) is 24.2 Å². The number of nitrogens with one attached hydrogen (secondary N) is 1. The Morgan fingerprint density at radius 1 is 1.55 bits per heavy atom. The van der Waals surface area contributed by atoms with E-state index in [1.807, 2.05) is 6.92 Å². The molecule has 0 fully saturated rings. The van der Waals surface area contributed by atoms with Gasteiger partial charge in [0, 0.05) is 6.07 Å². The number of esters is 1. The lowest BCUT2D eigenvalue weighted by atomic mass is 10.2. The summed E-state index contributed by atoms with van der Waals surface area (Å²) in [5.41, 5.74) is -0.260. The second kappa shape index (κ2) is 7.23. The smallest absolute Gasteiger partial charge is 0.338 e. The van der Waals surface area contributed by atoms with Crippen LogP contribution >= 0.6 is 23.4 Å². The van der Waals surface area contributed by atoms with Crippen LogP contribution in [-0.4, -0.2) is 32.7 Å². The molecule has 10 heteroatoms. The molecule has 2 rings (SSSR count). The zero-order valence-electron chi connectivity index (χ0n) is 11.4. The summed E-state index contributed by atoms with van der Waals surface area (Å²) in [7, 11) is 0. The molecular formula is C12H11ClN4O4S. The molecule has 1 aromatic carbocycles. The van der Waals surface area contributed by atoms with E-state index in [9.17, 15) is 14.9 Å². The summed E-state index contributed by atoms with van der Waals surface area (Å²) in [5.74, 6) is -0.650. The highest BCUT2D eigenvalue weighted by Gasteiger charge is 2.23. The number of aromatic nitrogens is 3. The molecule has 1 heterocycles. The molecular weight excluding hydrogens is 332 g/mol. The quantitative estimate of drug-likeness (QED) is 0.487. The van der Waals surface area contributed by atoms with E-state index in [4.69, 9.17) is 16.3 Å². The normalized spacial score (nSPS) is 10.5. The fourth-order valence-electron chi connectivity index (χ4n) is 1.55. The van der Waals surface area contributed by atoms with Crippen molar-refractivity contribution in [3.8, 4) is 0 Å². The van der Waals surface area contributed by atoms with E-state index in [2.05, 4.69) is 15.2 Å². The summed E-state index contributed by atoms with van der Waals surface area (Å²) in [6.45, 7) is 2.08. The van der Waals surface area contributed by atoms with Gasteiger partial charge in [0.25, 0.3) is 5.69 Å². The molecule has 0 spiro atoms. The van der Waals surface area contributed by atoms with E-state index in [-0.39, 0.29) is 27.8 Å². The van der Waals surface area contributed by atoms with Crippen LogP contribution < -0.4 is 0 Å². The average molecular weight is 343 g/mol. The summed E-state index contributed by atoms with van der Waals surface area (Å²) in [5, 5.41) is 17.9. The summed E-state index contributed by atoms with van der Waals surface area (Å²) in [6, 6.07) is 2.48. The fourth-order valence-corrected chi connectivity index (χ4v) is 2.67. The molecule has 0 aliphatic carbocycles. The average Bonchev–Trinajstić information content (AvgIpc) is 2.99. The Morgan fingerprint density at radius 3 is 2.91 bits per heavy atom. The molecule has 116 valence electrons. The number of carbonyl (C=O) groups excluding carboxylic acids is 1. The van der Waals surface area contributed by atoms with Gasteiger partial charge in [-0.25, -0.2) is 9.78 Å². The standard InChI is InChI=1S/C12H11ClN4O4S/c1-2-3-21-11(18)7-4-8(13)10(9(5-7)17(19)20)22-12-14-6-15-16-12/h4-6H,2-3H2,1H3,(H,14,15,16). The zero-order chi connectivity index (χ0) is 16.1.